The van der Waals surface area contributed by atoms with E-state index in [0.29, 0.717) is 13.1 Å². The number of hydrogen-bond donors (Lipinski definition) is 1. The van der Waals surface area contributed by atoms with Crippen LogP contribution in [0.4, 0.5) is 0 Å². The summed E-state index contributed by atoms with van der Waals surface area (Å²) in [6.07, 6.45) is 2.52. The highest BCUT2D eigenvalue weighted by atomic mass is 16.4. The van der Waals surface area contributed by atoms with Gasteiger partial charge in [0.25, 0.3) is 0 Å². The Morgan fingerprint density at radius 1 is 1.24 bits per heavy atom. The first kappa shape index (κ1) is 13.4. The van der Waals surface area contributed by atoms with E-state index in [2.05, 4.69) is 5.10 Å². The number of carbonyl (C=O) groups excluding carboxylic acids is 1. The van der Waals surface area contributed by atoms with Gasteiger partial charge in [0.1, 0.15) is 0 Å². The molecule has 1 aromatic heterocycles. The average molecular weight is 285 g/mol. The minimum atomic E-state index is -0.943. The molecule has 0 saturated heterocycles. The van der Waals surface area contributed by atoms with Crippen LogP contribution in [0.3, 0.4) is 0 Å². The number of nitrogens with zero attached hydrogens (tertiary/aromatic N) is 3. The molecule has 3 rings (SSSR count). The first-order valence-corrected chi connectivity index (χ1v) is 6.71. The van der Waals surface area contributed by atoms with Gasteiger partial charge in [-0.25, -0.2) is 9.48 Å². The largest absolute Gasteiger partial charge is 0.478 e. The molecule has 0 bridgehead atoms. The van der Waals surface area contributed by atoms with E-state index < -0.39 is 5.97 Å². The Balaban J connectivity index is 1.91. The van der Waals surface area contributed by atoms with Crippen LogP contribution < -0.4 is 0 Å². The van der Waals surface area contributed by atoms with Gasteiger partial charge >= 0.3 is 5.97 Å². The van der Waals surface area contributed by atoms with Gasteiger partial charge in [-0.2, -0.15) is 5.10 Å². The molecule has 0 saturated carbocycles. The van der Waals surface area contributed by atoms with Crippen molar-refractivity contribution in [2.24, 2.45) is 0 Å². The molecule has 6 heteroatoms. The Kier molecular flexibility index (Phi) is 3.21. The average Bonchev–Trinajstić information content (AvgIpc) is 2.90. The number of carboxylic acids is 1. The summed E-state index contributed by atoms with van der Waals surface area (Å²) in [6, 6.07) is 6.62. The Labute approximate surface area is 121 Å². The van der Waals surface area contributed by atoms with Crippen LogP contribution in [0.25, 0.3) is 5.69 Å². The summed E-state index contributed by atoms with van der Waals surface area (Å²) in [4.78, 5) is 24.1. The van der Waals surface area contributed by atoms with E-state index in [1.165, 1.54) is 0 Å². The molecular formula is C15H15N3O3. The minimum Gasteiger partial charge on any atom is -0.478 e. The molecule has 2 heterocycles. The molecule has 0 fully saturated rings. The van der Waals surface area contributed by atoms with Gasteiger partial charge in [-0.05, 0) is 24.3 Å². The van der Waals surface area contributed by atoms with Crippen molar-refractivity contribution in [1.82, 2.24) is 14.7 Å². The molecule has 0 spiro atoms. The van der Waals surface area contributed by atoms with Crippen LogP contribution in [0.1, 0.15) is 28.5 Å². The predicted molar refractivity (Wildman–Crippen MR) is 75.3 cm³/mol. The highest BCUT2D eigenvalue weighted by Gasteiger charge is 2.22. The van der Waals surface area contributed by atoms with E-state index in [9.17, 15) is 9.59 Å². The van der Waals surface area contributed by atoms with Crippen LogP contribution in [-0.2, 0) is 17.8 Å². The maximum Gasteiger partial charge on any atom is 0.335 e. The van der Waals surface area contributed by atoms with Gasteiger partial charge in [-0.3, -0.25) is 4.79 Å². The second-order valence-electron chi connectivity index (χ2n) is 5.07. The molecule has 1 aromatic carbocycles. The zero-order valence-electron chi connectivity index (χ0n) is 11.6. The summed E-state index contributed by atoms with van der Waals surface area (Å²) < 4.78 is 1.82. The molecule has 0 unspecified atom stereocenters. The van der Waals surface area contributed by atoms with E-state index in [-0.39, 0.29) is 11.5 Å². The second-order valence-corrected chi connectivity index (χ2v) is 5.07. The summed E-state index contributed by atoms with van der Waals surface area (Å²) in [6.45, 7) is 2.83. The molecule has 2 aromatic rings. The normalized spacial score (nSPS) is 13.9. The van der Waals surface area contributed by atoms with Gasteiger partial charge < -0.3 is 10.0 Å². The Hall–Kier alpha value is -2.63. The van der Waals surface area contributed by atoms with Gasteiger partial charge in [0.05, 0.1) is 23.1 Å². The van der Waals surface area contributed by atoms with E-state index >= 15 is 0 Å². The smallest absolute Gasteiger partial charge is 0.335 e. The Morgan fingerprint density at radius 2 is 1.95 bits per heavy atom. The van der Waals surface area contributed by atoms with E-state index in [1.54, 1.807) is 42.3 Å². The minimum absolute atomic E-state index is 0.0687. The lowest BCUT2D eigenvalue weighted by Crippen LogP contribution is -2.34. The fraction of sp³-hybridized carbons (Fsp3) is 0.267. The predicted octanol–water partition coefficient (Wildman–Crippen LogP) is 1.48. The van der Waals surface area contributed by atoms with Crippen LogP contribution in [0.15, 0.2) is 30.5 Å². The molecule has 1 amide bonds. The van der Waals surface area contributed by atoms with Gasteiger partial charge in [0.15, 0.2) is 0 Å². The number of benzene rings is 1. The molecular weight excluding hydrogens is 270 g/mol. The topological polar surface area (TPSA) is 75.4 Å². The highest BCUT2D eigenvalue weighted by Crippen LogP contribution is 2.22. The monoisotopic (exact) mass is 285 g/mol. The molecule has 0 atom stereocenters. The van der Waals surface area contributed by atoms with Crippen LogP contribution in [0.2, 0.25) is 0 Å². The summed E-state index contributed by atoms with van der Waals surface area (Å²) in [5, 5.41) is 13.3. The van der Waals surface area contributed by atoms with Crippen LogP contribution in [-0.4, -0.2) is 38.2 Å². The Bertz CT molecular complexity index is 703. The summed E-state index contributed by atoms with van der Waals surface area (Å²) >= 11 is 0. The highest BCUT2D eigenvalue weighted by molar-refractivity contribution is 5.87. The molecule has 0 radical (unpaired) electrons. The number of hydrogen-bond acceptors (Lipinski definition) is 3. The van der Waals surface area contributed by atoms with Crippen molar-refractivity contribution >= 4 is 11.9 Å². The van der Waals surface area contributed by atoms with E-state index in [1.807, 2.05) is 4.68 Å². The third-order valence-electron chi connectivity index (χ3n) is 3.74. The number of aromatic nitrogens is 2. The van der Waals surface area contributed by atoms with Gasteiger partial charge in [0.2, 0.25) is 5.91 Å². The van der Waals surface area contributed by atoms with Crippen LogP contribution in [0, 0.1) is 0 Å². The lowest BCUT2D eigenvalue weighted by atomic mass is 10.1. The molecule has 1 aliphatic heterocycles. The van der Waals surface area contributed by atoms with Gasteiger partial charge in [-0.15, -0.1) is 0 Å². The van der Waals surface area contributed by atoms with E-state index in [4.69, 9.17) is 5.11 Å². The lowest BCUT2D eigenvalue weighted by Gasteiger charge is -2.26. The van der Waals surface area contributed by atoms with Crippen molar-refractivity contribution in [3.05, 3.63) is 47.3 Å². The number of rotatable bonds is 2. The number of carbonyl (C=O) groups is 2. The zero-order valence-corrected chi connectivity index (χ0v) is 11.6. The molecule has 1 aliphatic rings. The summed E-state index contributed by atoms with van der Waals surface area (Å²) in [5.41, 5.74) is 3.20. The van der Waals surface area contributed by atoms with Crippen molar-refractivity contribution in [2.75, 3.05) is 6.54 Å². The number of fused-ring (bicyclic) bond motifs is 1. The maximum absolute atomic E-state index is 11.4. The maximum atomic E-state index is 11.4. The van der Waals surface area contributed by atoms with Crippen molar-refractivity contribution in [3.63, 3.8) is 0 Å². The van der Waals surface area contributed by atoms with E-state index in [0.717, 1.165) is 23.4 Å². The van der Waals surface area contributed by atoms with Crippen LogP contribution in [0.5, 0.6) is 0 Å². The van der Waals surface area contributed by atoms with Crippen molar-refractivity contribution in [2.45, 2.75) is 19.9 Å². The second kappa shape index (κ2) is 5.05. The third-order valence-corrected chi connectivity index (χ3v) is 3.74. The summed E-state index contributed by atoms with van der Waals surface area (Å²) in [7, 11) is 0. The molecule has 6 nitrogen and oxygen atoms in total. The summed E-state index contributed by atoms with van der Waals surface area (Å²) in [5.74, 6) is -0.875. The standard InChI is InChI=1S/C15H15N3O3/c1-10(19)17-7-6-14-12(9-17)8-16-18(14)13-4-2-11(3-5-13)15(20)21/h2-5,8H,6-7,9H2,1H3,(H,20,21). The first-order valence-electron chi connectivity index (χ1n) is 6.71. The first-order chi connectivity index (χ1) is 10.1. The number of aromatic carboxylic acids is 1. The SMILES string of the molecule is CC(=O)N1CCc2c(cnn2-c2ccc(C(=O)O)cc2)C1. The Morgan fingerprint density at radius 3 is 2.57 bits per heavy atom. The van der Waals surface area contributed by atoms with Gasteiger partial charge in [0, 0.05) is 32.0 Å². The fourth-order valence-corrected chi connectivity index (χ4v) is 2.57. The number of carboxylic acid groups (broad SMARTS) is 1. The molecule has 21 heavy (non-hydrogen) atoms. The van der Waals surface area contributed by atoms with Crippen LogP contribution >= 0.6 is 0 Å². The molecule has 108 valence electrons. The molecule has 1 N–H and O–H groups in total. The molecule has 0 aliphatic carbocycles. The quantitative estimate of drug-likeness (QED) is 0.906. The zero-order chi connectivity index (χ0) is 15.0. The van der Waals surface area contributed by atoms with Crippen molar-refractivity contribution in [1.29, 1.82) is 0 Å². The van der Waals surface area contributed by atoms with Crippen molar-refractivity contribution in [3.8, 4) is 5.69 Å². The lowest BCUT2D eigenvalue weighted by molar-refractivity contribution is -0.129. The third kappa shape index (κ3) is 2.40. The van der Waals surface area contributed by atoms with Crippen molar-refractivity contribution < 1.29 is 14.7 Å². The van der Waals surface area contributed by atoms with Gasteiger partial charge in [-0.1, -0.05) is 0 Å². The fourth-order valence-electron chi connectivity index (χ4n) is 2.57. The number of amides is 1.